The summed E-state index contributed by atoms with van der Waals surface area (Å²) in [4.78, 5) is 28.6. The molecule has 0 atom stereocenters. The zero-order chi connectivity index (χ0) is 25.8. The highest BCUT2D eigenvalue weighted by Crippen LogP contribution is 2.42. The van der Waals surface area contributed by atoms with Crippen LogP contribution in [0.5, 0.6) is 0 Å². The van der Waals surface area contributed by atoms with Crippen LogP contribution in [0.3, 0.4) is 0 Å². The largest absolute Gasteiger partial charge is 0.421 e. The molecule has 1 aliphatic carbocycles. The van der Waals surface area contributed by atoms with Gasteiger partial charge in [-0.15, -0.1) is 12.4 Å². The number of fused-ring (bicyclic) bond motifs is 1. The summed E-state index contributed by atoms with van der Waals surface area (Å²) in [7, 11) is 0. The SMILES string of the molecule is Cc1ccc(-c2cn3nc(C(=O)NC4(c5ccc(F)cc5)CCC4)c(C(F)(F)F)c3c(=O)[nH]2)cc1C.Cl. The summed E-state index contributed by atoms with van der Waals surface area (Å²) in [6.45, 7) is 3.80. The second-order valence-corrected chi connectivity index (χ2v) is 9.21. The van der Waals surface area contributed by atoms with Crippen molar-refractivity contribution in [2.24, 2.45) is 0 Å². The number of carbonyl (C=O) groups excluding carboxylic acids is 1. The Morgan fingerprint density at radius 2 is 1.76 bits per heavy atom. The predicted molar refractivity (Wildman–Crippen MR) is 132 cm³/mol. The Morgan fingerprint density at radius 1 is 1.08 bits per heavy atom. The van der Waals surface area contributed by atoms with Crippen LogP contribution >= 0.6 is 12.4 Å². The number of nitrogens with zero attached hydrogens (tertiary/aromatic N) is 2. The van der Waals surface area contributed by atoms with E-state index in [0.717, 1.165) is 22.1 Å². The van der Waals surface area contributed by atoms with Gasteiger partial charge in [-0.1, -0.05) is 24.3 Å². The smallest absolute Gasteiger partial charge is 0.341 e. The first-order valence-corrected chi connectivity index (χ1v) is 11.4. The van der Waals surface area contributed by atoms with Crippen molar-refractivity contribution in [1.82, 2.24) is 19.9 Å². The summed E-state index contributed by atoms with van der Waals surface area (Å²) in [5.41, 5.74) is -1.58. The van der Waals surface area contributed by atoms with Gasteiger partial charge >= 0.3 is 6.18 Å². The van der Waals surface area contributed by atoms with E-state index in [1.165, 1.54) is 30.5 Å². The van der Waals surface area contributed by atoms with Crippen LogP contribution in [0.15, 0.2) is 53.5 Å². The second kappa shape index (κ2) is 9.33. The fourth-order valence-corrected chi connectivity index (χ4v) is 4.63. The third-order valence-electron chi connectivity index (χ3n) is 6.90. The van der Waals surface area contributed by atoms with Crippen LogP contribution < -0.4 is 10.9 Å². The third-order valence-corrected chi connectivity index (χ3v) is 6.90. The number of aromatic nitrogens is 3. The van der Waals surface area contributed by atoms with E-state index in [1.807, 2.05) is 19.9 Å². The molecule has 0 unspecified atom stereocenters. The minimum Gasteiger partial charge on any atom is -0.341 e. The molecule has 0 radical (unpaired) electrons. The average Bonchev–Trinajstić information content (AvgIpc) is 3.20. The van der Waals surface area contributed by atoms with Gasteiger partial charge in [0.1, 0.15) is 16.9 Å². The van der Waals surface area contributed by atoms with E-state index in [9.17, 15) is 27.2 Å². The molecule has 0 aliphatic heterocycles. The van der Waals surface area contributed by atoms with Crippen LogP contribution in [0.1, 0.15) is 52.0 Å². The van der Waals surface area contributed by atoms with Crippen molar-refractivity contribution >= 4 is 23.8 Å². The number of rotatable bonds is 4. The number of halogens is 5. The number of hydrogen-bond donors (Lipinski definition) is 2. The molecule has 1 aliphatic rings. The maximum absolute atomic E-state index is 14.1. The van der Waals surface area contributed by atoms with Gasteiger partial charge in [-0.2, -0.15) is 18.3 Å². The van der Waals surface area contributed by atoms with Gasteiger partial charge < -0.3 is 10.3 Å². The zero-order valence-electron chi connectivity index (χ0n) is 19.9. The number of carbonyl (C=O) groups is 1. The Kier molecular flexibility index (Phi) is 6.66. The number of aromatic amines is 1. The van der Waals surface area contributed by atoms with Crippen molar-refractivity contribution in [3.8, 4) is 11.3 Å². The maximum Gasteiger partial charge on any atom is 0.421 e. The molecule has 1 saturated carbocycles. The van der Waals surface area contributed by atoms with Gasteiger partial charge in [0.15, 0.2) is 5.69 Å². The molecule has 5 rings (SSSR count). The number of aryl methyl sites for hydroxylation is 2. The Bertz CT molecular complexity index is 1550. The van der Waals surface area contributed by atoms with Crippen LogP contribution in [0, 0.1) is 19.7 Å². The van der Waals surface area contributed by atoms with E-state index in [-0.39, 0.29) is 18.1 Å². The van der Waals surface area contributed by atoms with Gasteiger partial charge in [0.05, 0.1) is 17.4 Å². The number of H-pyrrole nitrogens is 1. The van der Waals surface area contributed by atoms with Gasteiger partial charge in [-0.25, -0.2) is 8.91 Å². The van der Waals surface area contributed by atoms with E-state index in [4.69, 9.17) is 0 Å². The Morgan fingerprint density at radius 3 is 2.32 bits per heavy atom. The lowest BCUT2D eigenvalue weighted by atomic mass is 9.71. The number of hydrogen-bond acceptors (Lipinski definition) is 3. The summed E-state index contributed by atoms with van der Waals surface area (Å²) < 4.78 is 56.6. The molecular formula is C26H23ClF4N4O2. The summed E-state index contributed by atoms with van der Waals surface area (Å²) in [5, 5.41) is 6.61. The van der Waals surface area contributed by atoms with Gasteiger partial charge in [-0.3, -0.25) is 9.59 Å². The van der Waals surface area contributed by atoms with E-state index in [0.29, 0.717) is 24.0 Å². The van der Waals surface area contributed by atoms with Crippen molar-refractivity contribution in [2.45, 2.75) is 44.8 Å². The molecule has 1 amide bonds. The first kappa shape index (κ1) is 26.4. The molecule has 194 valence electrons. The molecule has 11 heteroatoms. The number of nitrogens with one attached hydrogen (secondary N) is 2. The molecule has 2 aromatic heterocycles. The van der Waals surface area contributed by atoms with Gasteiger partial charge in [0, 0.05) is 0 Å². The van der Waals surface area contributed by atoms with Crippen molar-refractivity contribution in [3.63, 3.8) is 0 Å². The zero-order valence-corrected chi connectivity index (χ0v) is 20.7. The molecule has 1 fully saturated rings. The normalized spacial score (nSPS) is 14.6. The average molecular weight is 535 g/mol. The molecule has 0 saturated heterocycles. The monoisotopic (exact) mass is 534 g/mol. The molecular weight excluding hydrogens is 512 g/mol. The number of amides is 1. The van der Waals surface area contributed by atoms with Crippen LogP contribution in [0.4, 0.5) is 17.6 Å². The van der Waals surface area contributed by atoms with Crippen molar-refractivity contribution < 1.29 is 22.4 Å². The number of alkyl halides is 3. The molecule has 2 N–H and O–H groups in total. The first-order valence-electron chi connectivity index (χ1n) is 11.4. The van der Waals surface area contributed by atoms with Crippen LogP contribution in [0.25, 0.3) is 16.8 Å². The molecule has 2 aromatic carbocycles. The highest BCUT2D eigenvalue weighted by Gasteiger charge is 2.45. The Labute approximate surface area is 215 Å². The molecule has 37 heavy (non-hydrogen) atoms. The van der Waals surface area contributed by atoms with Crippen molar-refractivity contribution in [2.75, 3.05) is 0 Å². The Balaban J connectivity index is 0.00000320. The van der Waals surface area contributed by atoms with Crippen LogP contribution in [-0.2, 0) is 11.7 Å². The lowest BCUT2D eigenvalue weighted by Crippen LogP contribution is -2.51. The standard InChI is InChI=1S/C26H22F4N4O2.ClH/c1-14-4-5-16(12-15(14)2)19-13-34-22(24(36)31-19)20(26(28,29)30)21(33-34)23(35)32-25(10-3-11-25)17-6-8-18(27)9-7-17;/h4-9,12-13H,3,10-11H2,1-2H3,(H,31,36)(H,32,35);1H. The van der Waals surface area contributed by atoms with E-state index in [2.05, 4.69) is 15.4 Å². The van der Waals surface area contributed by atoms with Crippen molar-refractivity contribution in [3.05, 3.63) is 92.8 Å². The quantitative estimate of drug-likeness (QED) is 0.330. The fourth-order valence-electron chi connectivity index (χ4n) is 4.63. The molecule has 0 bridgehead atoms. The minimum absolute atomic E-state index is 0. The predicted octanol–water partition coefficient (Wildman–Crippen LogP) is 5.70. The summed E-state index contributed by atoms with van der Waals surface area (Å²) in [6, 6.07) is 10.9. The highest BCUT2D eigenvalue weighted by atomic mass is 35.5. The van der Waals surface area contributed by atoms with Crippen molar-refractivity contribution in [1.29, 1.82) is 0 Å². The summed E-state index contributed by atoms with van der Waals surface area (Å²) in [6.07, 6.45) is -2.03. The molecule has 4 aromatic rings. The first-order chi connectivity index (χ1) is 17.0. The minimum atomic E-state index is -5.01. The van der Waals surface area contributed by atoms with Gasteiger partial charge in [0.25, 0.3) is 11.5 Å². The Hall–Kier alpha value is -3.66. The van der Waals surface area contributed by atoms with Crippen LogP contribution in [0.2, 0.25) is 0 Å². The highest BCUT2D eigenvalue weighted by molar-refractivity contribution is 5.96. The molecule has 2 heterocycles. The maximum atomic E-state index is 14.1. The van der Waals surface area contributed by atoms with E-state index in [1.54, 1.807) is 12.1 Å². The fraction of sp³-hybridized carbons (Fsp3) is 0.269. The summed E-state index contributed by atoms with van der Waals surface area (Å²) >= 11 is 0. The van der Waals surface area contributed by atoms with Gasteiger partial charge in [-0.05, 0) is 73.6 Å². The molecule has 0 spiro atoms. The van der Waals surface area contributed by atoms with Crippen LogP contribution in [-0.4, -0.2) is 20.5 Å². The third kappa shape index (κ3) is 4.61. The topological polar surface area (TPSA) is 79.3 Å². The molecule has 6 nitrogen and oxygen atoms in total. The number of benzene rings is 2. The van der Waals surface area contributed by atoms with E-state index >= 15 is 0 Å². The second-order valence-electron chi connectivity index (χ2n) is 9.21. The summed E-state index contributed by atoms with van der Waals surface area (Å²) in [5.74, 6) is -1.51. The lowest BCUT2D eigenvalue weighted by Gasteiger charge is -2.43. The van der Waals surface area contributed by atoms with Gasteiger partial charge in [0.2, 0.25) is 0 Å². The lowest BCUT2D eigenvalue weighted by molar-refractivity contribution is -0.136. The van der Waals surface area contributed by atoms with E-state index < -0.39 is 45.8 Å².